The molecule has 3 amide bonds. The lowest BCUT2D eigenvalue weighted by molar-refractivity contribution is -0.136. The highest BCUT2D eigenvalue weighted by atomic mass is 16.6. The van der Waals surface area contributed by atoms with Crippen LogP contribution in [0.2, 0.25) is 0 Å². The first-order valence-corrected chi connectivity index (χ1v) is 29.4. The van der Waals surface area contributed by atoms with Crippen molar-refractivity contribution in [3.05, 3.63) is 89.0 Å². The predicted octanol–water partition coefficient (Wildman–Crippen LogP) is 11.8. The van der Waals surface area contributed by atoms with Gasteiger partial charge in [-0.3, -0.25) is 9.69 Å². The summed E-state index contributed by atoms with van der Waals surface area (Å²) in [5, 5.41) is 25.5. The van der Waals surface area contributed by atoms with E-state index in [2.05, 4.69) is 113 Å². The lowest BCUT2D eigenvalue weighted by atomic mass is 9.80. The molecule has 6 N–H and O–H groups in total. The van der Waals surface area contributed by atoms with Gasteiger partial charge in [-0.25, -0.2) is 14.6 Å². The maximum atomic E-state index is 14.2. The molecule has 414 valence electrons. The number of aliphatic hydroxyl groups is 1. The normalized spacial score (nSPS) is 28.6. The van der Waals surface area contributed by atoms with Gasteiger partial charge in [0.05, 0.1) is 36.6 Å². The number of fused-ring (bicyclic) bond motifs is 3. The van der Waals surface area contributed by atoms with Crippen LogP contribution < -0.4 is 21.3 Å². The largest absolute Gasteiger partial charge is 0.453 e. The van der Waals surface area contributed by atoms with Gasteiger partial charge in [0.2, 0.25) is 5.91 Å². The number of nitrogens with one attached hydrogen (secondary N) is 5. The number of H-pyrrole nitrogens is 1. The molecule has 1 aromatic heterocycles. The number of rotatable bonds is 15. The van der Waals surface area contributed by atoms with E-state index in [1.165, 1.54) is 77.4 Å². The summed E-state index contributed by atoms with van der Waals surface area (Å²) in [6.45, 7) is 17.3. The minimum atomic E-state index is -0.885. The molecule has 11 rings (SSSR count). The molecule has 4 aliphatic carbocycles. The van der Waals surface area contributed by atoms with Crippen molar-refractivity contribution in [3.63, 3.8) is 0 Å². The van der Waals surface area contributed by atoms with Gasteiger partial charge in [-0.1, -0.05) is 95.5 Å². The quantitative estimate of drug-likeness (QED) is 0.0673. The van der Waals surface area contributed by atoms with Crippen LogP contribution in [0.5, 0.6) is 0 Å². The Hall–Kier alpha value is -5.60. The monoisotopic (exact) mass is 1050 g/mol. The lowest BCUT2D eigenvalue weighted by Crippen LogP contribution is -2.57. The molecule has 4 aromatic rings. The molecule has 3 aromatic carbocycles. The molecule has 14 heteroatoms. The van der Waals surface area contributed by atoms with Crippen LogP contribution >= 0.6 is 0 Å². The molecule has 7 aliphatic rings. The summed E-state index contributed by atoms with van der Waals surface area (Å²) in [5.74, 6) is 2.92. The number of anilines is 2. The fourth-order valence-electron chi connectivity index (χ4n) is 15.1. The Morgan fingerprint density at radius 3 is 2.23 bits per heavy atom. The summed E-state index contributed by atoms with van der Waals surface area (Å²) in [6.07, 6.45) is 14.6. The fourth-order valence-corrected chi connectivity index (χ4v) is 15.1. The molecule has 2 saturated heterocycles. The van der Waals surface area contributed by atoms with Crippen molar-refractivity contribution < 1.29 is 29.0 Å². The molecule has 10 unspecified atom stereocenters. The van der Waals surface area contributed by atoms with Gasteiger partial charge in [-0.15, -0.1) is 0 Å². The van der Waals surface area contributed by atoms with Crippen molar-refractivity contribution in [2.24, 2.45) is 35.0 Å². The third-order valence-corrected chi connectivity index (χ3v) is 19.3. The van der Waals surface area contributed by atoms with Gasteiger partial charge in [0.25, 0.3) is 0 Å². The number of alkyl carbamates (subject to hydrolysis) is 2. The average molecular weight is 1050 g/mol. The first-order chi connectivity index (χ1) is 36.9. The Kier molecular flexibility index (Phi) is 14.7. The number of likely N-dealkylation sites (tertiary alicyclic amines) is 2. The number of methoxy groups -OCH3 is 1. The van der Waals surface area contributed by atoms with Crippen molar-refractivity contribution in [1.82, 2.24) is 30.4 Å². The van der Waals surface area contributed by atoms with Crippen molar-refractivity contribution in [1.29, 1.82) is 0 Å². The van der Waals surface area contributed by atoms with Crippen LogP contribution in [0.4, 0.5) is 21.0 Å². The SMILES string of the molecule is COC(=O)NC(C(=O)N1C2CC2CC1C1Nc2ccc(-c3ccc(-c4ccc(C)cc4)c4c3CC3(CCC(CC(C)(C)OC(=O)NC(C(C)C)C(O)N5CCCC5c5ncc(C6CCC(C)CC6)[nH]5)C3)C4)cc2N1)C(C)C. The van der Waals surface area contributed by atoms with Crippen LogP contribution in [0, 0.1) is 41.9 Å². The molecule has 5 fully saturated rings. The summed E-state index contributed by atoms with van der Waals surface area (Å²) in [6, 6.07) is 19.2. The number of aromatic amines is 1. The Labute approximate surface area is 457 Å². The van der Waals surface area contributed by atoms with E-state index in [9.17, 15) is 19.5 Å². The van der Waals surface area contributed by atoms with E-state index in [0.29, 0.717) is 17.8 Å². The zero-order valence-corrected chi connectivity index (χ0v) is 47.2. The van der Waals surface area contributed by atoms with E-state index in [1.54, 1.807) is 0 Å². The number of benzene rings is 3. The number of ether oxygens (including phenoxy) is 2. The zero-order chi connectivity index (χ0) is 54.1. The Morgan fingerprint density at radius 2 is 1.53 bits per heavy atom. The number of carbonyl (C=O) groups is 3. The highest BCUT2D eigenvalue weighted by molar-refractivity contribution is 5.88. The number of aliphatic hydroxyl groups excluding tert-OH is 1. The molecule has 0 bridgehead atoms. The Balaban J connectivity index is 0.759. The number of piperidine rings is 1. The molecular formula is C63H86N8O6. The maximum absolute atomic E-state index is 14.2. The fraction of sp³-hybridized carbons (Fsp3) is 0.619. The summed E-state index contributed by atoms with van der Waals surface area (Å²) < 4.78 is 11.3. The topological polar surface area (TPSA) is 173 Å². The smallest absolute Gasteiger partial charge is 0.408 e. The van der Waals surface area contributed by atoms with Gasteiger partial charge >= 0.3 is 12.2 Å². The maximum Gasteiger partial charge on any atom is 0.408 e. The standard InChI is InChI=1S/C63H86N8O6/c1-35(2)54(58(72)70-26-10-11-51(70)56-64-34-50(67-56)41-18-14-38(6)15-19-41)69-61(75)77-62(7,8)30-39-24-25-63(31-39)32-46-44(40-16-12-37(5)13-17-40)21-22-45(47(46)33-63)42-20-23-48-49(27-42)66-57(65-48)53-29-43-28-52(43)71(53)59(73)55(36(3)4)68-60(74)76-9/h12-13,16-17,20-23,27,34-36,38-39,41,43,51-55,57-58,65-66,72H,10-11,14-15,18-19,24-26,28-33H2,1-9H3,(H,64,67)(H,68,74)(H,69,75). The molecule has 14 nitrogen and oxygen atoms in total. The van der Waals surface area contributed by atoms with Gasteiger partial charge in [0.15, 0.2) is 0 Å². The molecule has 77 heavy (non-hydrogen) atoms. The summed E-state index contributed by atoms with van der Waals surface area (Å²) in [7, 11) is 1.33. The number of nitrogens with zero attached hydrogens (tertiary/aromatic N) is 3. The van der Waals surface area contributed by atoms with Crippen LogP contribution in [-0.4, -0.2) is 98.8 Å². The van der Waals surface area contributed by atoms with Gasteiger partial charge in [-0.2, -0.15) is 0 Å². The van der Waals surface area contributed by atoms with Crippen LogP contribution in [0.1, 0.15) is 166 Å². The van der Waals surface area contributed by atoms with E-state index in [1.807, 2.05) is 38.8 Å². The van der Waals surface area contributed by atoms with Crippen molar-refractivity contribution in [3.8, 4) is 22.3 Å². The highest BCUT2D eigenvalue weighted by Crippen LogP contribution is 2.57. The van der Waals surface area contributed by atoms with Crippen molar-refractivity contribution >= 4 is 29.5 Å². The Bertz CT molecular complexity index is 2820. The third kappa shape index (κ3) is 10.8. The molecule has 1 spiro atoms. The van der Waals surface area contributed by atoms with Crippen molar-refractivity contribution in [2.75, 3.05) is 24.3 Å². The molecule has 4 heterocycles. The van der Waals surface area contributed by atoms with Gasteiger partial charge < -0.3 is 45.7 Å². The van der Waals surface area contributed by atoms with Crippen LogP contribution in [0.3, 0.4) is 0 Å². The highest BCUT2D eigenvalue weighted by Gasteiger charge is 2.58. The van der Waals surface area contributed by atoms with Gasteiger partial charge in [-0.05, 0) is 178 Å². The number of hydrogen-bond acceptors (Lipinski definition) is 10. The number of aromatic nitrogens is 2. The second kappa shape index (κ2) is 21.2. The number of amides is 3. The summed E-state index contributed by atoms with van der Waals surface area (Å²) in [4.78, 5) is 53.2. The first kappa shape index (κ1) is 53.4. The molecule has 3 saturated carbocycles. The number of imidazole rings is 1. The first-order valence-electron chi connectivity index (χ1n) is 29.4. The molecule has 3 aliphatic heterocycles. The van der Waals surface area contributed by atoms with Gasteiger partial charge in [0, 0.05) is 30.4 Å². The minimum Gasteiger partial charge on any atom is -0.453 e. The lowest BCUT2D eigenvalue weighted by Gasteiger charge is -2.37. The number of aryl methyl sites for hydroxylation is 1. The predicted molar refractivity (Wildman–Crippen MR) is 302 cm³/mol. The van der Waals surface area contributed by atoms with E-state index >= 15 is 0 Å². The molecule has 0 radical (unpaired) electrons. The van der Waals surface area contributed by atoms with Crippen LogP contribution in [-0.2, 0) is 27.1 Å². The second-order valence-corrected chi connectivity index (χ2v) is 26.2. The average Bonchev–Trinajstić information content (AvgIpc) is 4.21. The summed E-state index contributed by atoms with van der Waals surface area (Å²) in [5.41, 5.74) is 11.8. The van der Waals surface area contributed by atoms with E-state index in [-0.39, 0.29) is 47.4 Å². The van der Waals surface area contributed by atoms with Crippen molar-refractivity contribution in [2.45, 2.75) is 199 Å². The third-order valence-electron chi connectivity index (χ3n) is 19.3. The van der Waals surface area contributed by atoms with Crippen LogP contribution in [0.25, 0.3) is 22.3 Å². The number of carbonyl (C=O) groups excluding carboxylic acids is 3. The van der Waals surface area contributed by atoms with Gasteiger partial charge in [0.1, 0.15) is 29.9 Å². The number of hydrogen-bond donors (Lipinski definition) is 6. The van der Waals surface area contributed by atoms with E-state index in [0.717, 1.165) is 93.9 Å². The molecular weight excluding hydrogens is 965 g/mol. The Morgan fingerprint density at radius 1 is 0.844 bits per heavy atom. The summed E-state index contributed by atoms with van der Waals surface area (Å²) >= 11 is 0. The van der Waals surface area contributed by atoms with Crippen LogP contribution in [0.15, 0.2) is 60.8 Å². The minimum absolute atomic E-state index is 0.0271. The zero-order valence-electron chi connectivity index (χ0n) is 47.2. The van der Waals surface area contributed by atoms with E-state index in [4.69, 9.17) is 14.5 Å². The second-order valence-electron chi connectivity index (χ2n) is 26.2. The molecule has 10 atom stereocenters. The van der Waals surface area contributed by atoms with E-state index < -0.39 is 36.1 Å².